The van der Waals surface area contributed by atoms with Gasteiger partial charge in [-0.1, -0.05) is 0 Å². The number of piperidine rings is 3. The van der Waals surface area contributed by atoms with E-state index >= 15 is 0 Å². The summed E-state index contributed by atoms with van der Waals surface area (Å²) < 4.78 is 5.63. The first-order chi connectivity index (χ1) is 13.6. The number of likely N-dealkylation sites (N-methyl/N-ethyl adjacent to an activating group) is 1. The van der Waals surface area contributed by atoms with Gasteiger partial charge in [-0.2, -0.15) is 4.37 Å². The smallest absolute Gasteiger partial charge is 0.271 e. The lowest BCUT2D eigenvalue weighted by Crippen LogP contribution is -2.57. The molecule has 1 aromatic carbocycles. The second-order valence-electron chi connectivity index (χ2n) is 8.71. The SMILES string of the molecule is CC1CN(c2ccc3c(C(=O)N[C@H]4CN5CCC4CC5)nsc3c2)CCN1C. The summed E-state index contributed by atoms with van der Waals surface area (Å²) >= 11 is 1.44. The van der Waals surface area contributed by atoms with Gasteiger partial charge in [0, 0.05) is 49.3 Å². The second-order valence-corrected chi connectivity index (χ2v) is 9.51. The van der Waals surface area contributed by atoms with E-state index in [1.165, 1.54) is 43.2 Å². The predicted octanol–water partition coefficient (Wildman–Crippen LogP) is 2.26. The molecule has 28 heavy (non-hydrogen) atoms. The van der Waals surface area contributed by atoms with Crippen LogP contribution in [0, 0.1) is 5.92 Å². The van der Waals surface area contributed by atoms with Crippen molar-refractivity contribution in [1.82, 2.24) is 19.5 Å². The van der Waals surface area contributed by atoms with Gasteiger partial charge in [0.05, 0.1) is 4.70 Å². The zero-order valence-electron chi connectivity index (χ0n) is 16.7. The Hall–Kier alpha value is -1.70. The molecule has 4 aliphatic rings. The first kappa shape index (κ1) is 18.3. The van der Waals surface area contributed by atoms with Crippen molar-refractivity contribution in [3.63, 3.8) is 0 Å². The molecule has 2 atom stereocenters. The summed E-state index contributed by atoms with van der Waals surface area (Å²) in [7, 11) is 2.19. The van der Waals surface area contributed by atoms with Crippen molar-refractivity contribution in [2.24, 2.45) is 5.92 Å². The number of carbonyl (C=O) groups excluding carboxylic acids is 1. The number of nitrogens with one attached hydrogen (secondary N) is 1. The number of fused-ring (bicyclic) bond motifs is 4. The molecule has 0 aliphatic carbocycles. The fraction of sp³-hybridized carbons (Fsp3) is 0.619. The molecule has 4 fully saturated rings. The Morgan fingerprint density at radius 1 is 1.18 bits per heavy atom. The van der Waals surface area contributed by atoms with Crippen LogP contribution in [0.2, 0.25) is 0 Å². The number of carbonyl (C=O) groups is 1. The van der Waals surface area contributed by atoms with Crippen LogP contribution in [0.15, 0.2) is 18.2 Å². The number of anilines is 1. The maximum Gasteiger partial charge on any atom is 0.271 e. The molecular weight excluding hydrogens is 370 g/mol. The first-order valence-electron chi connectivity index (χ1n) is 10.5. The van der Waals surface area contributed by atoms with E-state index in [-0.39, 0.29) is 11.9 Å². The third kappa shape index (κ3) is 3.29. The Balaban J connectivity index is 1.33. The van der Waals surface area contributed by atoms with Gasteiger partial charge < -0.3 is 20.0 Å². The summed E-state index contributed by atoms with van der Waals surface area (Å²) in [5.74, 6) is 0.621. The van der Waals surface area contributed by atoms with Crippen LogP contribution in [0.1, 0.15) is 30.3 Å². The number of hydrogen-bond donors (Lipinski definition) is 1. The van der Waals surface area contributed by atoms with Crippen molar-refractivity contribution >= 4 is 33.2 Å². The maximum atomic E-state index is 12.9. The van der Waals surface area contributed by atoms with Crippen molar-refractivity contribution in [1.29, 1.82) is 0 Å². The lowest BCUT2D eigenvalue weighted by molar-refractivity contribution is 0.0619. The Labute approximate surface area is 170 Å². The summed E-state index contributed by atoms with van der Waals surface area (Å²) in [5, 5.41) is 4.26. The van der Waals surface area contributed by atoms with E-state index in [9.17, 15) is 4.79 Å². The molecule has 4 saturated heterocycles. The van der Waals surface area contributed by atoms with Gasteiger partial charge in [-0.25, -0.2) is 0 Å². The van der Waals surface area contributed by atoms with Gasteiger partial charge in [0.1, 0.15) is 5.69 Å². The van der Waals surface area contributed by atoms with Crippen LogP contribution in [0.25, 0.3) is 10.1 Å². The van der Waals surface area contributed by atoms with E-state index in [0.717, 1.165) is 36.3 Å². The van der Waals surface area contributed by atoms with E-state index in [2.05, 4.69) is 56.6 Å². The van der Waals surface area contributed by atoms with Gasteiger partial charge in [-0.15, -0.1) is 0 Å². The molecule has 2 aromatic rings. The minimum absolute atomic E-state index is 0.00836. The van der Waals surface area contributed by atoms with Crippen LogP contribution in [-0.2, 0) is 0 Å². The van der Waals surface area contributed by atoms with E-state index in [4.69, 9.17) is 0 Å². The average molecular weight is 400 g/mol. The minimum Gasteiger partial charge on any atom is -0.369 e. The molecule has 1 aromatic heterocycles. The number of hydrogen-bond acceptors (Lipinski definition) is 6. The molecule has 0 spiro atoms. The number of aromatic nitrogens is 1. The van der Waals surface area contributed by atoms with E-state index in [1.54, 1.807) is 0 Å². The fourth-order valence-corrected chi connectivity index (χ4v) is 5.74. The zero-order chi connectivity index (χ0) is 19.3. The van der Waals surface area contributed by atoms with Gasteiger partial charge in [0.25, 0.3) is 5.91 Å². The number of amides is 1. The van der Waals surface area contributed by atoms with Gasteiger partial charge in [0.15, 0.2) is 0 Å². The highest BCUT2D eigenvalue weighted by Crippen LogP contribution is 2.30. The Morgan fingerprint density at radius 3 is 2.71 bits per heavy atom. The Bertz CT molecular complexity index is 875. The number of nitrogens with zero attached hydrogens (tertiary/aromatic N) is 4. The van der Waals surface area contributed by atoms with Crippen molar-refractivity contribution in [2.45, 2.75) is 31.8 Å². The molecule has 6 nitrogen and oxygen atoms in total. The van der Waals surface area contributed by atoms with Crippen LogP contribution < -0.4 is 10.2 Å². The molecule has 1 amide bonds. The van der Waals surface area contributed by atoms with Crippen LogP contribution >= 0.6 is 11.5 Å². The van der Waals surface area contributed by atoms with Gasteiger partial charge >= 0.3 is 0 Å². The van der Waals surface area contributed by atoms with Crippen LogP contribution in [0.4, 0.5) is 5.69 Å². The summed E-state index contributed by atoms with van der Waals surface area (Å²) in [6.07, 6.45) is 2.41. The molecule has 5 heterocycles. The van der Waals surface area contributed by atoms with Crippen molar-refractivity contribution in [3.8, 4) is 0 Å². The molecule has 1 N–H and O–H groups in total. The van der Waals surface area contributed by atoms with Gasteiger partial charge in [0.2, 0.25) is 0 Å². The summed E-state index contributed by atoms with van der Waals surface area (Å²) in [5.41, 5.74) is 1.83. The quantitative estimate of drug-likeness (QED) is 0.858. The normalized spacial score (nSPS) is 30.7. The molecule has 4 aliphatic heterocycles. The Morgan fingerprint density at radius 2 is 2.00 bits per heavy atom. The van der Waals surface area contributed by atoms with E-state index < -0.39 is 0 Å². The van der Waals surface area contributed by atoms with Crippen LogP contribution in [-0.4, -0.2) is 78.5 Å². The van der Waals surface area contributed by atoms with Crippen LogP contribution in [0.3, 0.4) is 0 Å². The molecule has 0 radical (unpaired) electrons. The van der Waals surface area contributed by atoms with Crippen molar-refractivity contribution < 1.29 is 4.79 Å². The number of benzene rings is 1. The maximum absolute atomic E-state index is 12.9. The predicted molar refractivity (Wildman–Crippen MR) is 114 cm³/mol. The monoisotopic (exact) mass is 399 g/mol. The highest BCUT2D eigenvalue weighted by Gasteiger charge is 2.35. The summed E-state index contributed by atoms with van der Waals surface area (Å²) in [6, 6.07) is 7.27. The topological polar surface area (TPSA) is 51.7 Å². The van der Waals surface area contributed by atoms with E-state index in [0.29, 0.717) is 17.7 Å². The third-order valence-corrected chi connectivity index (χ3v) is 7.78. The highest BCUT2D eigenvalue weighted by atomic mass is 32.1. The minimum atomic E-state index is -0.00836. The van der Waals surface area contributed by atoms with Crippen molar-refractivity contribution in [3.05, 3.63) is 23.9 Å². The molecule has 2 bridgehead atoms. The zero-order valence-corrected chi connectivity index (χ0v) is 17.5. The van der Waals surface area contributed by atoms with Crippen molar-refractivity contribution in [2.75, 3.05) is 51.2 Å². The van der Waals surface area contributed by atoms with Gasteiger partial charge in [-0.05, 0) is 75.6 Å². The number of rotatable bonds is 3. The van der Waals surface area contributed by atoms with Crippen LogP contribution in [0.5, 0.6) is 0 Å². The lowest BCUT2D eigenvalue weighted by atomic mass is 9.84. The molecule has 1 unspecified atom stereocenters. The Kier molecular flexibility index (Phi) is 4.77. The molecule has 0 saturated carbocycles. The van der Waals surface area contributed by atoms with E-state index in [1.807, 2.05) is 0 Å². The third-order valence-electron chi connectivity index (χ3n) is 6.97. The largest absolute Gasteiger partial charge is 0.369 e. The summed E-state index contributed by atoms with van der Waals surface area (Å²) in [4.78, 5) is 20.2. The fourth-order valence-electron chi connectivity index (χ4n) is 4.93. The lowest BCUT2D eigenvalue weighted by Gasteiger charge is -2.44. The standard InChI is InChI=1S/C21H29N5OS/c1-14-12-26(10-9-24(14)2)16-3-4-17-19(11-16)28-23-20(17)21(27)22-18-13-25-7-5-15(18)6-8-25/h3-4,11,14-15,18H,5-10,12-13H2,1-2H3,(H,22,27)/t14?,18-/m0/s1. The van der Waals surface area contributed by atoms with Gasteiger partial charge in [-0.3, -0.25) is 4.79 Å². The summed E-state index contributed by atoms with van der Waals surface area (Å²) in [6.45, 7) is 8.79. The molecule has 6 rings (SSSR count). The average Bonchev–Trinajstić information content (AvgIpc) is 3.14. The number of piperazine rings is 1. The highest BCUT2D eigenvalue weighted by molar-refractivity contribution is 7.13. The molecule has 7 heteroatoms. The molecule has 150 valence electrons. The molecular formula is C21H29N5OS. The second kappa shape index (κ2) is 7.28. The first-order valence-corrected chi connectivity index (χ1v) is 11.2.